The van der Waals surface area contributed by atoms with E-state index in [1.807, 2.05) is 10.6 Å². The van der Waals surface area contributed by atoms with E-state index >= 15 is 0 Å². The van der Waals surface area contributed by atoms with Crippen LogP contribution in [0.1, 0.15) is 24.4 Å². The number of aromatic nitrogens is 2. The Hall–Kier alpha value is -0.870. The second-order valence-electron chi connectivity index (χ2n) is 3.92. The Balaban J connectivity index is 2.05. The monoisotopic (exact) mass is 265 g/mol. The Kier molecular flexibility index (Phi) is 2.25. The molecule has 1 saturated heterocycles. The molecule has 0 aromatic carbocycles. The highest BCUT2D eigenvalue weighted by molar-refractivity contribution is 9.10. The van der Waals surface area contributed by atoms with Gasteiger partial charge in [0.15, 0.2) is 0 Å². The molecular formula is C11H12BrN3. The summed E-state index contributed by atoms with van der Waals surface area (Å²) in [6.07, 6.45) is 6.41. The zero-order valence-electron chi connectivity index (χ0n) is 8.28. The van der Waals surface area contributed by atoms with Crippen molar-refractivity contribution in [2.24, 2.45) is 0 Å². The van der Waals surface area contributed by atoms with Gasteiger partial charge in [0.25, 0.3) is 0 Å². The number of imidazole rings is 1. The molecule has 0 amide bonds. The number of nitrogens with one attached hydrogen (secondary N) is 1. The van der Waals surface area contributed by atoms with E-state index in [0.717, 1.165) is 16.8 Å². The van der Waals surface area contributed by atoms with Gasteiger partial charge in [-0.2, -0.15) is 0 Å². The van der Waals surface area contributed by atoms with Crippen molar-refractivity contribution in [3.8, 4) is 0 Å². The highest BCUT2D eigenvalue weighted by Crippen LogP contribution is 2.24. The summed E-state index contributed by atoms with van der Waals surface area (Å²) in [5.74, 6) is 0. The fourth-order valence-electron chi connectivity index (χ4n) is 2.15. The summed E-state index contributed by atoms with van der Waals surface area (Å²) in [5.41, 5.74) is 2.35. The van der Waals surface area contributed by atoms with Gasteiger partial charge in [0.05, 0.1) is 6.20 Å². The number of nitrogens with zero attached hydrogens (tertiary/aromatic N) is 2. The first-order valence-corrected chi connectivity index (χ1v) is 6.00. The summed E-state index contributed by atoms with van der Waals surface area (Å²) < 4.78 is 3.04. The standard InChI is InChI=1S/C11H12BrN3/c12-10-7-14-11-6-8(3-5-15(10)11)9-2-1-4-13-9/h3,5-7,9,13H,1-2,4H2. The molecule has 78 valence electrons. The van der Waals surface area contributed by atoms with Crippen LogP contribution in [-0.2, 0) is 0 Å². The molecule has 1 atom stereocenters. The topological polar surface area (TPSA) is 29.3 Å². The second kappa shape index (κ2) is 3.61. The minimum Gasteiger partial charge on any atom is -0.310 e. The van der Waals surface area contributed by atoms with Crippen molar-refractivity contribution in [2.45, 2.75) is 18.9 Å². The average Bonchev–Trinajstić information content (AvgIpc) is 2.88. The molecule has 1 unspecified atom stereocenters. The molecule has 1 fully saturated rings. The van der Waals surface area contributed by atoms with Gasteiger partial charge in [-0.15, -0.1) is 0 Å². The van der Waals surface area contributed by atoms with Gasteiger partial charge in [-0.25, -0.2) is 4.98 Å². The first kappa shape index (κ1) is 9.36. The van der Waals surface area contributed by atoms with Gasteiger partial charge >= 0.3 is 0 Å². The Morgan fingerprint density at radius 2 is 2.47 bits per heavy atom. The summed E-state index contributed by atoms with van der Waals surface area (Å²) in [4.78, 5) is 4.34. The molecule has 1 aliphatic rings. The van der Waals surface area contributed by atoms with E-state index in [2.05, 4.69) is 44.6 Å². The number of hydrogen-bond acceptors (Lipinski definition) is 2. The minimum atomic E-state index is 0.519. The Morgan fingerprint density at radius 1 is 1.53 bits per heavy atom. The molecule has 3 nitrogen and oxygen atoms in total. The van der Waals surface area contributed by atoms with Crippen LogP contribution in [0.5, 0.6) is 0 Å². The summed E-state index contributed by atoms with van der Waals surface area (Å²) in [6, 6.07) is 4.85. The third-order valence-electron chi connectivity index (χ3n) is 2.95. The lowest BCUT2D eigenvalue weighted by atomic mass is 10.1. The van der Waals surface area contributed by atoms with Crippen LogP contribution >= 0.6 is 15.9 Å². The minimum absolute atomic E-state index is 0.519. The first-order chi connectivity index (χ1) is 7.34. The van der Waals surface area contributed by atoms with Crippen LogP contribution in [-0.4, -0.2) is 15.9 Å². The summed E-state index contributed by atoms with van der Waals surface area (Å²) in [5, 5.41) is 3.50. The normalized spacial score (nSPS) is 21.3. The van der Waals surface area contributed by atoms with Gasteiger partial charge < -0.3 is 5.32 Å². The molecule has 0 spiro atoms. The van der Waals surface area contributed by atoms with Crippen LogP contribution in [0.2, 0.25) is 0 Å². The van der Waals surface area contributed by atoms with Gasteiger partial charge in [0, 0.05) is 12.2 Å². The third-order valence-corrected chi connectivity index (χ3v) is 3.54. The molecule has 0 radical (unpaired) electrons. The fraction of sp³-hybridized carbons (Fsp3) is 0.364. The number of rotatable bonds is 1. The van der Waals surface area contributed by atoms with Crippen molar-refractivity contribution in [1.29, 1.82) is 0 Å². The summed E-state index contributed by atoms with van der Waals surface area (Å²) >= 11 is 3.46. The Bertz CT molecular complexity index is 486. The molecule has 0 saturated carbocycles. The van der Waals surface area contributed by atoms with E-state index in [4.69, 9.17) is 0 Å². The molecule has 4 heteroatoms. The predicted molar refractivity (Wildman–Crippen MR) is 62.9 cm³/mol. The molecular weight excluding hydrogens is 254 g/mol. The number of halogens is 1. The molecule has 0 bridgehead atoms. The van der Waals surface area contributed by atoms with Crippen molar-refractivity contribution in [3.63, 3.8) is 0 Å². The summed E-state index contributed by atoms with van der Waals surface area (Å²) in [6.45, 7) is 1.13. The van der Waals surface area contributed by atoms with Crippen molar-refractivity contribution in [2.75, 3.05) is 6.54 Å². The van der Waals surface area contributed by atoms with Gasteiger partial charge in [0.2, 0.25) is 0 Å². The van der Waals surface area contributed by atoms with Gasteiger partial charge in [-0.3, -0.25) is 4.40 Å². The van der Waals surface area contributed by atoms with Crippen LogP contribution in [0, 0.1) is 0 Å². The molecule has 3 rings (SSSR count). The van der Waals surface area contributed by atoms with Crippen molar-refractivity contribution < 1.29 is 0 Å². The van der Waals surface area contributed by atoms with E-state index in [0.29, 0.717) is 6.04 Å². The molecule has 15 heavy (non-hydrogen) atoms. The maximum absolute atomic E-state index is 4.34. The molecule has 1 N–H and O–H groups in total. The van der Waals surface area contributed by atoms with Gasteiger partial charge in [-0.05, 0) is 53.0 Å². The summed E-state index contributed by atoms with van der Waals surface area (Å²) in [7, 11) is 0. The first-order valence-electron chi connectivity index (χ1n) is 5.20. The fourth-order valence-corrected chi connectivity index (χ4v) is 2.55. The van der Waals surface area contributed by atoms with Crippen LogP contribution in [0.4, 0.5) is 0 Å². The number of fused-ring (bicyclic) bond motifs is 1. The Morgan fingerprint density at radius 3 is 3.27 bits per heavy atom. The lowest BCUT2D eigenvalue weighted by Crippen LogP contribution is -2.12. The van der Waals surface area contributed by atoms with Crippen LogP contribution in [0.15, 0.2) is 29.1 Å². The molecule has 1 aliphatic heterocycles. The van der Waals surface area contributed by atoms with E-state index in [9.17, 15) is 0 Å². The zero-order chi connectivity index (χ0) is 10.3. The SMILES string of the molecule is Brc1cnc2cc(C3CCCN3)ccn12. The highest BCUT2D eigenvalue weighted by atomic mass is 79.9. The average molecular weight is 266 g/mol. The van der Waals surface area contributed by atoms with Gasteiger partial charge in [0.1, 0.15) is 10.3 Å². The maximum atomic E-state index is 4.34. The largest absolute Gasteiger partial charge is 0.310 e. The van der Waals surface area contributed by atoms with Crippen LogP contribution in [0.25, 0.3) is 5.65 Å². The Labute approximate surface area is 96.6 Å². The van der Waals surface area contributed by atoms with Crippen LogP contribution in [0.3, 0.4) is 0 Å². The lowest BCUT2D eigenvalue weighted by molar-refractivity contribution is 0.647. The number of pyridine rings is 1. The van der Waals surface area contributed by atoms with Crippen molar-refractivity contribution >= 4 is 21.6 Å². The van der Waals surface area contributed by atoms with E-state index < -0.39 is 0 Å². The zero-order valence-corrected chi connectivity index (χ0v) is 9.87. The van der Waals surface area contributed by atoms with Crippen molar-refractivity contribution in [1.82, 2.24) is 14.7 Å². The van der Waals surface area contributed by atoms with E-state index in [1.54, 1.807) is 0 Å². The van der Waals surface area contributed by atoms with Gasteiger partial charge in [-0.1, -0.05) is 0 Å². The molecule has 2 aromatic heterocycles. The molecule has 2 aromatic rings. The predicted octanol–water partition coefficient (Wildman–Crippen LogP) is 2.52. The maximum Gasteiger partial charge on any atom is 0.137 e. The third kappa shape index (κ3) is 1.58. The number of hydrogen-bond donors (Lipinski definition) is 1. The highest BCUT2D eigenvalue weighted by Gasteiger charge is 2.16. The van der Waals surface area contributed by atoms with E-state index in [1.165, 1.54) is 18.4 Å². The molecule has 3 heterocycles. The lowest BCUT2D eigenvalue weighted by Gasteiger charge is -2.10. The van der Waals surface area contributed by atoms with E-state index in [-0.39, 0.29) is 0 Å². The van der Waals surface area contributed by atoms with Crippen LogP contribution < -0.4 is 5.32 Å². The second-order valence-corrected chi connectivity index (χ2v) is 4.73. The van der Waals surface area contributed by atoms with Crippen molar-refractivity contribution in [3.05, 3.63) is 34.7 Å². The quantitative estimate of drug-likeness (QED) is 0.859. The smallest absolute Gasteiger partial charge is 0.137 e. The molecule has 0 aliphatic carbocycles.